The fourth-order valence-corrected chi connectivity index (χ4v) is 3.33. The molecule has 0 spiro atoms. The van der Waals surface area contributed by atoms with Gasteiger partial charge in [-0.2, -0.15) is 0 Å². The van der Waals surface area contributed by atoms with Crippen molar-refractivity contribution in [3.63, 3.8) is 0 Å². The molecule has 3 rings (SSSR count). The van der Waals surface area contributed by atoms with Gasteiger partial charge in [-0.3, -0.25) is 4.79 Å². The highest BCUT2D eigenvalue weighted by Gasteiger charge is 2.05. The molecule has 0 N–H and O–H groups in total. The highest BCUT2D eigenvalue weighted by molar-refractivity contribution is 7.09. The van der Waals surface area contributed by atoms with Gasteiger partial charge in [-0.15, -0.1) is 22.9 Å². The number of benzene rings is 1. The van der Waals surface area contributed by atoms with Gasteiger partial charge in [-0.1, -0.05) is 12.1 Å². The van der Waals surface area contributed by atoms with Crippen LogP contribution in [0, 0.1) is 0 Å². The van der Waals surface area contributed by atoms with Crippen LogP contribution >= 0.6 is 22.9 Å². The molecule has 1 aromatic carbocycles. The Morgan fingerprint density at radius 1 is 1.29 bits per heavy atom. The molecule has 0 atom stereocenters. The predicted octanol–water partition coefficient (Wildman–Crippen LogP) is 3.22. The first-order valence-corrected chi connectivity index (χ1v) is 8.13. The number of alkyl halides is 1. The Balaban J connectivity index is 1.76. The van der Waals surface area contributed by atoms with Crippen molar-refractivity contribution < 1.29 is 0 Å². The third kappa shape index (κ3) is 3.14. The van der Waals surface area contributed by atoms with Crippen molar-refractivity contribution in [2.75, 3.05) is 0 Å². The van der Waals surface area contributed by atoms with E-state index in [0.717, 1.165) is 34.6 Å². The maximum Gasteiger partial charge on any atom is 0.269 e. The first-order valence-electron chi connectivity index (χ1n) is 6.72. The number of aromatic nitrogens is 3. The van der Waals surface area contributed by atoms with Crippen molar-refractivity contribution in [3.05, 3.63) is 56.9 Å². The largest absolute Gasteiger partial charge is 0.305 e. The zero-order chi connectivity index (χ0) is 14.7. The van der Waals surface area contributed by atoms with Crippen LogP contribution in [0.3, 0.4) is 0 Å². The Kier molecular flexibility index (Phi) is 4.31. The van der Waals surface area contributed by atoms with Crippen LogP contribution in [0.25, 0.3) is 11.0 Å². The summed E-state index contributed by atoms with van der Waals surface area (Å²) in [6.07, 6.45) is 3.10. The van der Waals surface area contributed by atoms with Crippen LogP contribution in [-0.4, -0.2) is 14.5 Å². The van der Waals surface area contributed by atoms with E-state index in [4.69, 9.17) is 11.6 Å². The first-order chi connectivity index (χ1) is 10.3. The summed E-state index contributed by atoms with van der Waals surface area (Å²) < 4.78 is 1.78. The summed E-state index contributed by atoms with van der Waals surface area (Å²) in [5, 5.41) is 3.05. The smallest absolute Gasteiger partial charge is 0.269 e. The number of hydrogen-bond acceptors (Lipinski definition) is 4. The van der Waals surface area contributed by atoms with Gasteiger partial charge in [0.15, 0.2) is 0 Å². The molecule has 0 fully saturated rings. The average Bonchev–Trinajstić information content (AvgIpc) is 2.97. The fraction of sp³-hybridized carbons (Fsp3) is 0.267. The zero-order valence-electron chi connectivity index (χ0n) is 11.3. The van der Waals surface area contributed by atoms with Crippen LogP contribution in [0.15, 0.2) is 40.6 Å². The summed E-state index contributed by atoms with van der Waals surface area (Å²) in [4.78, 5) is 20.6. The number of hydrogen-bond donors (Lipinski definition) is 0. The Bertz CT molecular complexity index is 812. The minimum atomic E-state index is -0.0608. The van der Waals surface area contributed by atoms with Gasteiger partial charge in [0.2, 0.25) is 0 Å². The highest BCUT2D eigenvalue weighted by Crippen LogP contribution is 2.14. The van der Waals surface area contributed by atoms with Gasteiger partial charge < -0.3 is 4.57 Å². The van der Waals surface area contributed by atoms with E-state index in [9.17, 15) is 4.79 Å². The Hall–Kier alpha value is -1.72. The second-order valence-corrected chi connectivity index (χ2v) is 5.92. The molecule has 0 amide bonds. The molecule has 2 aromatic heterocycles. The van der Waals surface area contributed by atoms with Crippen molar-refractivity contribution in [2.24, 2.45) is 0 Å². The van der Waals surface area contributed by atoms with Crippen molar-refractivity contribution in [3.8, 4) is 0 Å². The molecule has 0 saturated heterocycles. The monoisotopic (exact) mass is 319 g/mol. The van der Waals surface area contributed by atoms with E-state index in [2.05, 4.69) is 9.97 Å². The predicted molar refractivity (Wildman–Crippen MR) is 86.0 cm³/mol. The average molecular weight is 320 g/mol. The van der Waals surface area contributed by atoms with E-state index in [1.165, 1.54) is 6.20 Å². The Morgan fingerprint density at radius 3 is 2.95 bits per heavy atom. The van der Waals surface area contributed by atoms with E-state index in [1.807, 2.05) is 29.6 Å². The molecule has 2 heterocycles. The molecule has 6 heteroatoms. The third-order valence-corrected chi connectivity index (χ3v) is 4.49. The molecule has 0 aliphatic carbocycles. The van der Waals surface area contributed by atoms with Crippen LogP contribution in [0.4, 0.5) is 0 Å². The third-order valence-electron chi connectivity index (χ3n) is 3.26. The molecule has 0 aliphatic rings. The Morgan fingerprint density at radius 2 is 2.14 bits per heavy atom. The van der Waals surface area contributed by atoms with Gasteiger partial charge in [0.1, 0.15) is 0 Å². The number of thiazole rings is 1. The number of rotatable bonds is 5. The molecule has 0 aliphatic heterocycles. The fourth-order valence-electron chi connectivity index (χ4n) is 2.26. The van der Waals surface area contributed by atoms with Gasteiger partial charge in [0, 0.05) is 18.3 Å². The second-order valence-electron chi connectivity index (χ2n) is 4.71. The maximum absolute atomic E-state index is 12.0. The van der Waals surface area contributed by atoms with E-state index in [0.29, 0.717) is 12.4 Å². The summed E-state index contributed by atoms with van der Waals surface area (Å²) in [5.41, 5.74) is 2.58. The van der Waals surface area contributed by atoms with Crippen LogP contribution < -0.4 is 5.56 Å². The standard InChI is InChI=1S/C15H14ClN3OS/c16-8-11-10-21-14(18-11)6-3-7-19-13-5-2-1-4-12(13)17-9-15(19)20/h1-2,4-5,9-10H,3,6-8H2. The van der Waals surface area contributed by atoms with Gasteiger partial charge in [0.05, 0.1) is 33.8 Å². The molecule has 3 aromatic rings. The van der Waals surface area contributed by atoms with Crippen LogP contribution in [-0.2, 0) is 18.8 Å². The lowest BCUT2D eigenvalue weighted by atomic mass is 10.2. The van der Waals surface area contributed by atoms with Gasteiger partial charge in [-0.25, -0.2) is 9.97 Å². The van der Waals surface area contributed by atoms with Crippen LogP contribution in [0.5, 0.6) is 0 Å². The molecule has 21 heavy (non-hydrogen) atoms. The lowest BCUT2D eigenvalue weighted by Crippen LogP contribution is -2.20. The first kappa shape index (κ1) is 14.2. The normalized spacial score (nSPS) is 11.1. The van der Waals surface area contributed by atoms with E-state index >= 15 is 0 Å². The summed E-state index contributed by atoms with van der Waals surface area (Å²) >= 11 is 7.37. The van der Waals surface area contributed by atoms with Crippen molar-refractivity contribution in [1.82, 2.24) is 14.5 Å². The summed E-state index contributed by atoms with van der Waals surface area (Å²) in [6.45, 7) is 0.664. The van der Waals surface area contributed by atoms with Gasteiger partial charge >= 0.3 is 0 Å². The minimum Gasteiger partial charge on any atom is -0.305 e. The minimum absolute atomic E-state index is 0.0608. The van der Waals surface area contributed by atoms with Crippen molar-refractivity contribution in [2.45, 2.75) is 25.3 Å². The lowest BCUT2D eigenvalue weighted by Gasteiger charge is -2.08. The summed E-state index contributed by atoms with van der Waals surface area (Å²) in [5.74, 6) is 0.449. The summed E-state index contributed by atoms with van der Waals surface area (Å²) in [6, 6.07) is 7.69. The zero-order valence-corrected chi connectivity index (χ0v) is 12.9. The maximum atomic E-state index is 12.0. The molecule has 0 bridgehead atoms. The van der Waals surface area contributed by atoms with E-state index < -0.39 is 0 Å². The SMILES string of the molecule is O=c1cnc2ccccc2n1CCCc1nc(CCl)cs1. The molecule has 0 saturated carbocycles. The number of para-hydroxylation sites is 2. The summed E-state index contributed by atoms with van der Waals surface area (Å²) in [7, 11) is 0. The van der Waals surface area contributed by atoms with E-state index in [-0.39, 0.29) is 5.56 Å². The van der Waals surface area contributed by atoms with Crippen molar-refractivity contribution >= 4 is 34.0 Å². The number of fused-ring (bicyclic) bond motifs is 1. The van der Waals surface area contributed by atoms with E-state index in [1.54, 1.807) is 15.9 Å². The van der Waals surface area contributed by atoms with Crippen LogP contribution in [0.1, 0.15) is 17.1 Å². The molecular weight excluding hydrogens is 306 g/mol. The second kappa shape index (κ2) is 6.37. The number of aryl methyl sites for hydroxylation is 2. The highest BCUT2D eigenvalue weighted by atomic mass is 35.5. The Labute approximate surface area is 131 Å². The molecule has 108 valence electrons. The quantitative estimate of drug-likeness (QED) is 0.678. The molecule has 0 radical (unpaired) electrons. The number of halogens is 1. The van der Waals surface area contributed by atoms with Gasteiger partial charge in [0.25, 0.3) is 5.56 Å². The van der Waals surface area contributed by atoms with Crippen LogP contribution in [0.2, 0.25) is 0 Å². The molecule has 0 unspecified atom stereocenters. The lowest BCUT2D eigenvalue weighted by molar-refractivity contribution is 0.637. The van der Waals surface area contributed by atoms with Crippen molar-refractivity contribution in [1.29, 1.82) is 0 Å². The topological polar surface area (TPSA) is 47.8 Å². The molecule has 4 nitrogen and oxygen atoms in total. The molecular formula is C15H14ClN3OS. The van der Waals surface area contributed by atoms with Gasteiger partial charge in [-0.05, 0) is 18.6 Å². The number of nitrogens with zero attached hydrogens (tertiary/aromatic N) is 3.